The van der Waals surface area contributed by atoms with Crippen molar-refractivity contribution in [2.45, 2.75) is 25.5 Å². The van der Waals surface area contributed by atoms with E-state index >= 15 is 0 Å². The first-order valence-corrected chi connectivity index (χ1v) is 6.53. The molecule has 2 atom stereocenters. The second kappa shape index (κ2) is 5.19. The van der Waals surface area contributed by atoms with Crippen molar-refractivity contribution in [3.63, 3.8) is 0 Å². The fourth-order valence-electron chi connectivity index (χ4n) is 2.20. The summed E-state index contributed by atoms with van der Waals surface area (Å²) in [6, 6.07) is 7.66. The summed E-state index contributed by atoms with van der Waals surface area (Å²) in [6.07, 6.45) is 1.04. The molecule has 0 N–H and O–H groups in total. The molecule has 1 fully saturated rings. The summed E-state index contributed by atoms with van der Waals surface area (Å²) in [5.41, 5.74) is 0.709. The van der Waals surface area contributed by atoms with Crippen LogP contribution < -0.4 is 0 Å². The first-order valence-electron chi connectivity index (χ1n) is 5.74. The predicted octanol–water partition coefficient (Wildman–Crippen LogP) is 2.70. The van der Waals surface area contributed by atoms with Crippen LogP contribution >= 0.6 is 15.9 Å². The quantitative estimate of drug-likeness (QED) is 0.840. The van der Waals surface area contributed by atoms with Gasteiger partial charge in [-0.05, 0) is 31.5 Å². The maximum Gasteiger partial charge on any atom is 0.253 e. The fraction of sp³-hybridized carbons (Fsp3) is 0.462. The van der Waals surface area contributed by atoms with Crippen molar-refractivity contribution in [2.75, 3.05) is 13.7 Å². The maximum absolute atomic E-state index is 12.3. The molecule has 1 aromatic rings. The number of rotatable bonds is 2. The van der Waals surface area contributed by atoms with Gasteiger partial charge in [-0.3, -0.25) is 4.79 Å². The van der Waals surface area contributed by atoms with Crippen LogP contribution in [0.1, 0.15) is 23.7 Å². The molecular formula is C13H16BrNO2. The van der Waals surface area contributed by atoms with Crippen molar-refractivity contribution in [1.82, 2.24) is 4.90 Å². The van der Waals surface area contributed by atoms with Crippen LogP contribution in [0.5, 0.6) is 0 Å². The molecule has 92 valence electrons. The third-order valence-corrected chi connectivity index (χ3v) is 3.72. The monoisotopic (exact) mass is 297 g/mol. The van der Waals surface area contributed by atoms with Gasteiger partial charge in [0.2, 0.25) is 0 Å². The van der Waals surface area contributed by atoms with Crippen LogP contribution in [0.15, 0.2) is 28.7 Å². The molecule has 0 saturated carbocycles. The molecule has 2 rings (SSSR count). The average Bonchev–Trinajstić information content (AvgIpc) is 2.73. The first kappa shape index (κ1) is 12.6. The Balaban J connectivity index is 2.14. The Bertz CT molecular complexity index is 422. The number of carbonyl (C=O) groups is 1. The maximum atomic E-state index is 12.3. The molecule has 1 saturated heterocycles. The van der Waals surface area contributed by atoms with Crippen LogP contribution in [0.3, 0.4) is 0 Å². The Morgan fingerprint density at radius 1 is 1.53 bits per heavy atom. The molecule has 1 aromatic carbocycles. The minimum absolute atomic E-state index is 0.0497. The van der Waals surface area contributed by atoms with E-state index in [2.05, 4.69) is 15.9 Å². The lowest BCUT2D eigenvalue weighted by Crippen LogP contribution is -2.40. The number of ether oxygens (including phenoxy) is 1. The Hall–Kier alpha value is -0.870. The summed E-state index contributed by atoms with van der Waals surface area (Å²) >= 11 is 3.38. The average molecular weight is 298 g/mol. The molecule has 1 aliphatic rings. The van der Waals surface area contributed by atoms with Crippen LogP contribution in [0.4, 0.5) is 0 Å². The standard InChI is InChI=1S/C13H16BrNO2/c1-9-12(6-7-17-9)15(2)13(16)10-4-3-5-11(14)8-10/h3-5,8-9,12H,6-7H2,1-2H3. The van der Waals surface area contributed by atoms with Crippen molar-refractivity contribution in [3.8, 4) is 0 Å². The number of halogens is 1. The van der Waals surface area contributed by atoms with Crippen LogP contribution in [0.25, 0.3) is 0 Å². The molecule has 0 aliphatic carbocycles. The van der Waals surface area contributed by atoms with Crippen LogP contribution in [0, 0.1) is 0 Å². The first-order chi connectivity index (χ1) is 8.09. The van der Waals surface area contributed by atoms with Gasteiger partial charge in [-0.2, -0.15) is 0 Å². The number of benzene rings is 1. The van der Waals surface area contributed by atoms with Gasteiger partial charge in [0, 0.05) is 23.7 Å². The largest absolute Gasteiger partial charge is 0.376 e. The smallest absolute Gasteiger partial charge is 0.253 e. The van der Waals surface area contributed by atoms with Gasteiger partial charge in [0.15, 0.2) is 0 Å². The summed E-state index contributed by atoms with van der Waals surface area (Å²) < 4.78 is 6.42. The molecule has 4 heteroatoms. The Morgan fingerprint density at radius 2 is 2.29 bits per heavy atom. The highest BCUT2D eigenvalue weighted by atomic mass is 79.9. The minimum atomic E-state index is 0.0497. The van der Waals surface area contributed by atoms with E-state index in [4.69, 9.17) is 4.74 Å². The van der Waals surface area contributed by atoms with Crippen molar-refractivity contribution in [3.05, 3.63) is 34.3 Å². The van der Waals surface area contributed by atoms with Gasteiger partial charge in [0.05, 0.1) is 12.1 Å². The van der Waals surface area contributed by atoms with E-state index in [1.807, 2.05) is 38.2 Å². The van der Waals surface area contributed by atoms with Gasteiger partial charge in [0.1, 0.15) is 0 Å². The molecule has 3 nitrogen and oxygen atoms in total. The van der Waals surface area contributed by atoms with Crippen LogP contribution in [-0.4, -0.2) is 36.6 Å². The van der Waals surface area contributed by atoms with E-state index in [9.17, 15) is 4.79 Å². The lowest BCUT2D eigenvalue weighted by molar-refractivity contribution is 0.0574. The van der Waals surface area contributed by atoms with Crippen LogP contribution in [0.2, 0.25) is 0 Å². The van der Waals surface area contributed by atoms with E-state index < -0.39 is 0 Å². The highest BCUT2D eigenvalue weighted by Gasteiger charge is 2.30. The SMILES string of the molecule is CC1OCCC1N(C)C(=O)c1cccc(Br)c1. The summed E-state index contributed by atoms with van der Waals surface area (Å²) in [5.74, 6) is 0.0497. The van der Waals surface area contributed by atoms with E-state index in [1.165, 1.54) is 0 Å². The molecule has 17 heavy (non-hydrogen) atoms. The normalized spacial score (nSPS) is 23.7. The van der Waals surface area contributed by atoms with Gasteiger partial charge in [-0.25, -0.2) is 0 Å². The highest BCUT2D eigenvalue weighted by Crippen LogP contribution is 2.21. The second-order valence-corrected chi connectivity index (χ2v) is 5.27. The van der Waals surface area contributed by atoms with E-state index in [-0.39, 0.29) is 18.1 Å². The molecule has 0 bridgehead atoms. The molecule has 1 heterocycles. The zero-order valence-electron chi connectivity index (χ0n) is 10.0. The van der Waals surface area contributed by atoms with E-state index in [1.54, 1.807) is 4.90 Å². The third kappa shape index (κ3) is 2.69. The van der Waals surface area contributed by atoms with Gasteiger partial charge >= 0.3 is 0 Å². The van der Waals surface area contributed by atoms with Gasteiger partial charge < -0.3 is 9.64 Å². The van der Waals surface area contributed by atoms with Gasteiger partial charge in [0.25, 0.3) is 5.91 Å². The zero-order valence-corrected chi connectivity index (χ0v) is 11.6. The Morgan fingerprint density at radius 3 is 2.88 bits per heavy atom. The van der Waals surface area contributed by atoms with E-state index in [0.717, 1.165) is 17.5 Å². The summed E-state index contributed by atoms with van der Waals surface area (Å²) in [7, 11) is 1.85. The Labute approximate surface area is 110 Å². The predicted molar refractivity (Wildman–Crippen MR) is 70.1 cm³/mol. The molecule has 0 aromatic heterocycles. The second-order valence-electron chi connectivity index (χ2n) is 4.36. The lowest BCUT2D eigenvalue weighted by atomic mass is 10.1. The number of likely N-dealkylation sites (N-methyl/N-ethyl adjacent to an activating group) is 1. The fourth-order valence-corrected chi connectivity index (χ4v) is 2.60. The number of hydrogen-bond donors (Lipinski definition) is 0. The molecule has 2 unspecified atom stereocenters. The third-order valence-electron chi connectivity index (χ3n) is 3.23. The highest BCUT2D eigenvalue weighted by molar-refractivity contribution is 9.10. The summed E-state index contributed by atoms with van der Waals surface area (Å²) in [5, 5.41) is 0. The zero-order chi connectivity index (χ0) is 12.4. The summed E-state index contributed by atoms with van der Waals surface area (Å²) in [6.45, 7) is 2.75. The lowest BCUT2D eigenvalue weighted by Gasteiger charge is -2.26. The van der Waals surface area contributed by atoms with Crippen LogP contribution in [-0.2, 0) is 4.74 Å². The van der Waals surface area contributed by atoms with Gasteiger partial charge in [-0.15, -0.1) is 0 Å². The summed E-state index contributed by atoms with van der Waals surface area (Å²) in [4.78, 5) is 14.1. The van der Waals surface area contributed by atoms with Gasteiger partial charge in [-0.1, -0.05) is 22.0 Å². The van der Waals surface area contributed by atoms with Crippen molar-refractivity contribution in [1.29, 1.82) is 0 Å². The number of nitrogens with zero attached hydrogens (tertiary/aromatic N) is 1. The van der Waals surface area contributed by atoms with Crippen molar-refractivity contribution < 1.29 is 9.53 Å². The number of hydrogen-bond acceptors (Lipinski definition) is 2. The molecule has 0 radical (unpaired) electrons. The molecular weight excluding hydrogens is 282 g/mol. The topological polar surface area (TPSA) is 29.5 Å². The Kier molecular flexibility index (Phi) is 3.84. The number of carbonyl (C=O) groups excluding carboxylic acids is 1. The van der Waals surface area contributed by atoms with Crippen molar-refractivity contribution in [2.24, 2.45) is 0 Å². The molecule has 1 amide bonds. The molecule has 1 aliphatic heterocycles. The van der Waals surface area contributed by atoms with E-state index in [0.29, 0.717) is 5.56 Å². The number of amides is 1. The molecule has 0 spiro atoms. The minimum Gasteiger partial charge on any atom is -0.376 e. The van der Waals surface area contributed by atoms with Crippen molar-refractivity contribution >= 4 is 21.8 Å².